The van der Waals surface area contributed by atoms with Crippen molar-refractivity contribution in [1.29, 1.82) is 0 Å². The van der Waals surface area contributed by atoms with Gasteiger partial charge in [0.25, 0.3) is 0 Å². The predicted octanol–water partition coefficient (Wildman–Crippen LogP) is -0.355. The first kappa shape index (κ1) is 19.5. The van der Waals surface area contributed by atoms with Gasteiger partial charge in [0.05, 0.1) is 6.61 Å². The van der Waals surface area contributed by atoms with E-state index in [9.17, 15) is 14.4 Å². The Morgan fingerprint density at radius 2 is 1.95 bits per heavy atom. The van der Waals surface area contributed by atoms with Crippen molar-refractivity contribution in [2.75, 3.05) is 38.8 Å². The van der Waals surface area contributed by atoms with Gasteiger partial charge in [0, 0.05) is 26.6 Å². The van der Waals surface area contributed by atoms with E-state index in [1.54, 1.807) is 0 Å². The highest BCUT2D eigenvalue weighted by molar-refractivity contribution is 7.98. The Hall–Kier alpha value is -1.48. The molecule has 0 bridgehead atoms. The summed E-state index contributed by atoms with van der Waals surface area (Å²) >= 11 is 1.51. The minimum Gasteiger partial charge on any atom is -0.480 e. The summed E-state index contributed by atoms with van der Waals surface area (Å²) in [5.74, 6) is -0.639. The van der Waals surface area contributed by atoms with Gasteiger partial charge in [-0.05, 0) is 18.4 Å². The van der Waals surface area contributed by atoms with Crippen LogP contribution in [0.4, 0.5) is 4.79 Å². The first-order valence-electron chi connectivity index (χ1n) is 6.53. The van der Waals surface area contributed by atoms with E-state index >= 15 is 0 Å². The Kier molecular flexibility index (Phi) is 11.4. The van der Waals surface area contributed by atoms with Gasteiger partial charge in [0.1, 0.15) is 6.04 Å². The molecule has 0 saturated carbocycles. The van der Waals surface area contributed by atoms with Gasteiger partial charge in [-0.2, -0.15) is 11.8 Å². The zero-order valence-corrected chi connectivity index (χ0v) is 13.1. The van der Waals surface area contributed by atoms with E-state index < -0.39 is 18.0 Å². The minimum atomic E-state index is -1.07. The van der Waals surface area contributed by atoms with E-state index in [4.69, 9.17) is 9.84 Å². The fraction of sp³-hybridized carbons (Fsp3) is 0.750. The lowest BCUT2D eigenvalue weighted by atomic mass is 10.2. The Balaban J connectivity index is 3.86. The van der Waals surface area contributed by atoms with Crippen molar-refractivity contribution in [1.82, 2.24) is 16.0 Å². The summed E-state index contributed by atoms with van der Waals surface area (Å²) in [7, 11) is 1.54. The van der Waals surface area contributed by atoms with E-state index in [1.165, 1.54) is 18.9 Å². The van der Waals surface area contributed by atoms with Gasteiger partial charge in [-0.15, -0.1) is 0 Å². The predicted molar refractivity (Wildman–Crippen MR) is 80.5 cm³/mol. The molecule has 8 nitrogen and oxygen atoms in total. The van der Waals surface area contributed by atoms with Crippen molar-refractivity contribution in [2.45, 2.75) is 18.9 Å². The van der Waals surface area contributed by atoms with E-state index in [0.29, 0.717) is 25.3 Å². The summed E-state index contributed by atoms with van der Waals surface area (Å²) < 4.78 is 4.78. The molecule has 0 aromatic rings. The number of hydrogen-bond donors (Lipinski definition) is 4. The number of urea groups is 1. The van der Waals surface area contributed by atoms with Gasteiger partial charge < -0.3 is 25.8 Å². The summed E-state index contributed by atoms with van der Waals surface area (Å²) in [6.45, 7) is 0.978. The molecule has 0 aliphatic heterocycles. The molecule has 21 heavy (non-hydrogen) atoms. The summed E-state index contributed by atoms with van der Waals surface area (Å²) in [5.41, 5.74) is 0. The molecule has 0 spiro atoms. The van der Waals surface area contributed by atoms with E-state index in [0.717, 1.165) is 0 Å². The third-order valence-corrected chi connectivity index (χ3v) is 3.12. The van der Waals surface area contributed by atoms with Crippen LogP contribution in [0.15, 0.2) is 0 Å². The van der Waals surface area contributed by atoms with Gasteiger partial charge in [0.2, 0.25) is 5.91 Å². The number of methoxy groups -OCH3 is 1. The molecule has 0 aliphatic rings. The van der Waals surface area contributed by atoms with Gasteiger partial charge in [-0.25, -0.2) is 9.59 Å². The highest BCUT2D eigenvalue weighted by atomic mass is 32.2. The van der Waals surface area contributed by atoms with Crippen molar-refractivity contribution in [3.8, 4) is 0 Å². The number of rotatable bonds is 11. The zero-order valence-electron chi connectivity index (χ0n) is 12.3. The highest BCUT2D eigenvalue weighted by Crippen LogP contribution is 2.00. The summed E-state index contributed by atoms with van der Waals surface area (Å²) in [4.78, 5) is 33.8. The first-order chi connectivity index (χ1) is 10.0. The zero-order chi connectivity index (χ0) is 16.1. The molecule has 1 atom stereocenters. The van der Waals surface area contributed by atoms with Gasteiger partial charge in [0.15, 0.2) is 0 Å². The van der Waals surface area contributed by atoms with Gasteiger partial charge >= 0.3 is 12.0 Å². The quantitative estimate of drug-likeness (QED) is 0.386. The number of amides is 3. The lowest BCUT2D eigenvalue weighted by molar-refractivity contribution is -0.139. The number of nitrogens with one attached hydrogen (secondary N) is 3. The molecule has 0 fully saturated rings. The second-order valence-electron chi connectivity index (χ2n) is 4.17. The number of aliphatic carboxylic acids is 1. The molecular formula is C12H23N3O5S. The number of hydrogen-bond acceptors (Lipinski definition) is 5. The second-order valence-corrected chi connectivity index (χ2v) is 5.15. The number of ether oxygens (including phenoxy) is 1. The molecule has 3 amide bonds. The van der Waals surface area contributed by atoms with Crippen LogP contribution in [-0.2, 0) is 14.3 Å². The topological polar surface area (TPSA) is 117 Å². The molecule has 0 aromatic heterocycles. The Bertz CT molecular complexity index is 341. The van der Waals surface area contributed by atoms with E-state index in [2.05, 4.69) is 16.0 Å². The van der Waals surface area contributed by atoms with Crippen LogP contribution < -0.4 is 16.0 Å². The van der Waals surface area contributed by atoms with Crippen LogP contribution >= 0.6 is 11.8 Å². The fourth-order valence-corrected chi connectivity index (χ4v) is 1.84. The second kappa shape index (κ2) is 12.3. The lowest BCUT2D eigenvalue weighted by Gasteiger charge is -2.14. The lowest BCUT2D eigenvalue weighted by Crippen LogP contribution is -2.47. The average molecular weight is 321 g/mol. The molecule has 0 aliphatic carbocycles. The maximum absolute atomic E-state index is 11.5. The largest absolute Gasteiger partial charge is 0.480 e. The van der Waals surface area contributed by atoms with Crippen LogP contribution in [0.25, 0.3) is 0 Å². The fourth-order valence-electron chi connectivity index (χ4n) is 1.37. The molecule has 4 N–H and O–H groups in total. The standard InChI is InChI=1S/C12H23N3O5S/c1-20-7-6-13-10(16)3-5-14-12(19)15-9(11(17)18)4-8-21-2/h9H,3-8H2,1-2H3,(H,13,16)(H,17,18)(H2,14,15,19). The molecule has 0 heterocycles. The van der Waals surface area contributed by atoms with Crippen molar-refractivity contribution < 1.29 is 24.2 Å². The summed E-state index contributed by atoms with van der Waals surface area (Å²) in [6, 6.07) is -1.51. The number of carboxylic acid groups (broad SMARTS) is 1. The van der Waals surface area contributed by atoms with E-state index in [-0.39, 0.29) is 18.9 Å². The summed E-state index contributed by atoms with van der Waals surface area (Å²) in [6.07, 6.45) is 2.34. The molecule has 122 valence electrons. The van der Waals surface area contributed by atoms with Crippen LogP contribution in [0.2, 0.25) is 0 Å². The van der Waals surface area contributed by atoms with Crippen LogP contribution in [0.3, 0.4) is 0 Å². The highest BCUT2D eigenvalue weighted by Gasteiger charge is 2.19. The van der Waals surface area contributed by atoms with Gasteiger partial charge in [-0.3, -0.25) is 4.79 Å². The Labute approximate surface area is 128 Å². The maximum Gasteiger partial charge on any atom is 0.326 e. The Morgan fingerprint density at radius 3 is 2.52 bits per heavy atom. The molecule has 0 rings (SSSR count). The molecule has 0 radical (unpaired) electrons. The average Bonchev–Trinajstić information content (AvgIpc) is 2.43. The van der Waals surface area contributed by atoms with E-state index in [1.807, 2.05) is 6.26 Å². The first-order valence-corrected chi connectivity index (χ1v) is 7.92. The molecule has 0 aromatic carbocycles. The third-order valence-electron chi connectivity index (χ3n) is 2.48. The van der Waals surface area contributed by atoms with Crippen molar-refractivity contribution >= 4 is 29.7 Å². The number of carboxylic acids is 1. The smallest absolute Gasteiger partial charge is 0.326 e. The molecular weight excluding hydrogens is 298 g/mol. The molecule has 9 heteroatoms. The minimum absolute atomic E-state index is 0.125. The SMILES string of the molecule is COCCNC(=O)CCNC(=O)NC(CCSC)C(=O)O. The van der Waals surface area contributed by atoms with Gasteiger partial charge in [-0.1, -0.05) is 0 Å². The van der Waals surface area contributed by atoms with Crippen molar-refractivity contribution in [2.24, 2.45) is 0 Å². The monoisotopic (exact) mass is 321 g/mol. The van der Waals surface area contributed by atoms with Crippen LogP contribution in [0, 0.1) is 0 Å². The molecule has 0 saturated heterocycles. The van der Waals surface area contributed by atoms with Crippen molar-refractivity contribution in [3.05, 3.63) is 0 Å². The number of carbonyl (C=O) groups excluding carboxylic acids is 2. The molecule has 1 unspecified atom stereocenters. The van der Waals surface area contributed by atoms with Crippen LogP contribution in [0.1, 0.15) is 12.8 Å². The third kappa shape index (κ3) is 10.9. The maximum atomic E-state index is 11.5. The van der Waals surface area contributed by atoms with Crippen LogP contribution in [-0.4, -0.2) is 67.9 Å². The summed E-state index contributed by atoms with van der Waals surface area (Å²) in [5, 5.41) is 16.4. The Morgan fingerprint density at radius 1 is 1.24 bits per heavy atom. The normalized spacial score (nSPS) is 11.5. The van der Waals surface area contributed by atoms with Crippen LogP contribution in [0.5, 0.6) is 0 Å². The van der Waals surface area contributed by atoms with Crippen molar-refractivity contribution in [3.63, 3.8) is 0 Å². The number of thioether (sulfide) groups is 1. The number of carbonyl (C=O) groups is 3.